The van der Waals surface area contributed by atoms with Crippen LogP contribution in [-0.4, -0.2) is 27.1 Å². The van der Waals surface area contributed by atoms with Crippen LogP contribution in [0.5, 0.6) is 0 Å². The minimum absolute atomic E-state index is 0.0416. The third-order valence-corrected chi connectivity index (χ3v) is 2.92. The Bertz CT molecular complexity index is 660. The standard InChI is InChI=1S/C16H13NO4/c18-15(19)13-9-10-17-14(16(20)21)12(13)8-4-7-11-5-2-1-3-6-11/h1-7,9-10H,8H2,(H,18,19)(H,20,21)/b7-4+. The molecule has 2 aromatic rings. The van der Waals surface area contributed by atoms with Crippen molar-refractivity contribution in [1.82, 2.24) is 4.98 Å². The summed E-state index contributed by atoms with van der Waals surface area (Å²) in [5.74, 6) is -2.40. The highest BCUT2D eigenvalue weighted by atomic mass is 16.4. The molecule has 0 saturated carbocycles. The first-order valence-electron chi connectivity index (χ1n) is 6.25. The van der Waals surface area contributed by atoms with Crippen LogP contribution in [0.2, 0.25) is 0 Å². The summed E-state index contributed by atoms with van der Waals surface area (Å²) in [7, 11) is 0. The minimum Gasteiger partial charge on any atom is -0.478 e. The SMILES string of the molecule is O=C(O)c1ccnc(C(=O)O)c1C/C=C/c1ccccc1. The molecule has 0 aliphatic heterocycles. The number of carboxylic acids is 2. The fourth-order valence-electron chi connectivity index (χ4n) is 1.96. The maximum absolute atomic E-state index is 11.2. The van der Waals surface area contributed by atoms with Crippen LogP contribution in [0.4, 0.5) is 0 Å². The molecule has 0 aliphatic rings. The van der Waals surface area contributed by atoms with Gasteiger partial charge in [-0.15, -0.1) is 0 Å². The van der Waals surface area contributed by atoms with E-state index in [1.54, 1.807) is 6.08 Å². The van der Waals surface area contributed by atoms with Gasteiger partial charge in [0.15, 0.2) is 5.69 Å². The summed E-state index contributed by atoms with van der Waals surface area (Å²) in [4.78, 5) is 26.1. The summed E-state index contributed by atoms with van der Waals surface area (Å²) in [6.45, 7) is 0. The number of carboxylic acid groups (broad SMARTS) is 2. The summed E-state index contributed by atoms with van der Waals surface area (Å²) < 4.78 is 0. The second kappa shape index (κ2) is 6.47. The Kier molecular flexibility index (Phi) is 4.46. The number of pyridine rings is 1. The lowest BCUT2D eigenvalue weighted by Crippen LogP contribution is -2.11. The molecule has 1 aromatic heterocycles. The van der Waals surface area contributed by atoms with Crippen LogP contribution in [0.3, 0.4) is 0 Å². The van der Waals surface area contributed by atoms with Gasteiger partial charge in [0.2, 0.25) is 0 Å². The van der Waals surface area contributed by atoms with E-state index in [4.69, 9.17) is 10.2 Å². The van der Waals surface area contributed by atoms with Crippen LogP contribution in [-0.2, 0) is 6.42 Å². The van der Waals surface area contributed by atoms with Crippen molar-refractivity contribution in [2.24, 2.45) is 0 Å². The number of nitrogens with zero attached hydrogens (tertiary/aromatic N) is 1. The van der Waals surface area contributed by atoms with Gasteiger partial charge in [0.05, 0.1) is 5.56 Å². The molecule has 0 atom stereocenters. The Balaban J connectivity index is 2.32. The Hall–Kier alpha value is -2.95. The number of hydrogen-bond donors (Lipinski definition) is 2. The lowest BCUT2D eigenvalue weighted by molar-refractivity contribution is 0.0689. The van der Waals surface area contributed by atoms with Crippen LogP contribution in [0.1, 0.15) is 32.0 Å². The molecule has 1 aromatic carbocycles. The summed E-state index contributed by atoms with van der Waals surface area (Å²) in [6.07, 6.45) is 4.92. The average Bonchev–Trinajstić information content (AvgIpc) is 2.48. The Labute approximate surface area is 121 Å². The van der Waals surface area contributed by atoms with Gasteiger partial charge in [-0.05, 0) is 18.1 Å². The van der Waals surface area contributed by atoms with E-state index in [1.165, 1.54) is 12.3 Å². The van der Waals surface area contributed by atoms with E-state index in [9.17, 15) is 9.59 Å². The molecule has 2 rings (SSSR count). The number of hydrogen-bond acceptors (Lipinski definition) is 3. The zero-order chi connectivity index (χ0) is 15.2. The monoisotopic (exact) mass is 283 g/mol. The minimum atomic E-state index is -1.23. The molecule has 0 unspecified atom stereocenters. The smallest absolute Gasteiger partial charge is 0.354 e. The van der Waals surface area contributed by atoms with Crippen LogP contribution in [0.25, 0.3) is 6.08 Å². The molecule has 106 valence electrons. The summed E-state index contributed by atoms with van der Waals surface area (Å²) in [6, 6.07) is 10.8. The van der Waals surface area contributed by atoms with Crippen molar-refractivity contribution in [2.75, 3.05) is 0 Å². The van der Waals surface area contributed by atoms with Gasteiger partial charge in [-0.2, -0.15) is 0 Å². The highest BCUT2D eigenvalue weighted by molar-refractivity contribution is 5.95. The van der Waals surface area contributed by atoms with Crippen molar-refractivity contribution in [3.05, 3.63) is 71.1 Å². The maximum Gasteiger partial charge on any atom is 0.354 e. The number of rotatable bonds is 5. The molecule has 0 aliphatic carbocycles. The summed E-state index contributed by atoms with van der Waals surface area (Å²) >= 11 is 0. The normalized spacial score (nSPS) is 10.7. The number of benzene rings is 1. The molecule has 21 heavy (non-hydrogen) atoms. The lowest BCUT2D eigenvalue weighted by Gasteiger charge is -2.06. The molecule has 0 fully saturated rings. The first-order chi connectivity index (χ1) is 10.1. The van der Waals surface area contributed by atoms with E-state index in [2.05, 4.69) is 4.98 Å². The second-order valence-electron chi connectivity index (χ2n) is 4.31. The zero-order valence-electron chi connectivity index (χ0n) is 11.1. The summed E-state index contributed by atoms with van der Waals surface area (Å²) in [5.41, 5.74) is 0.882. The zero-order valence-corrected chi connectivity index (χ0v) is 11.1. The molecule has 5 heteroatoms. The van der Waals surface area contributed by atoms with Gasteiger partial charge in [-0.25, -0.2) is 14.6 Å². The maximum atomic E-state index is 11.2. The van der Waals surface area contributed by atoms with Gasteiger partial charge in [0.1, 0.15) is 0 Å². The molecule has 0 spiro atoms. The quantitative estimate of drug-likeness (QED) is 0.881. The number of carbonyl (C=O) groups is 2. The second-order valence-corrected chi connectivity index (χ2v) is 4.31. The van der Waals surface area contributed by atoms with E-state index >= 15 is 0 Å². The van der Waals surface area contributed by atoms with Crippen molar-refractivity contribution in [2.45, 2.75) is 6.42 Å². The van der Waals surface area contributed by atoms with E-state index in [-0.39, 0.29) is 23.2 Å². The molecule has 0 bridgehead atoms. The van der Waals surface area contributed by atoms with Crippen molar-refractivity contribution in [1.29, 1.82) is 0 Å². The van der Waals surface area contributed by atoms with Crippen molar-refractivity contribution in [3.63, 3.8) is 0 Å². The van der Waals surface area contributed by atoms with Gasteiger partial charge < -0.3 is 10.2 Å². The van der Waals surface area contributed by atoms with Crippen molar-refractivity contribution in [3.8, 4) is 0 Å². The largest absolute Gasteiger partial charge is 0.478 e. The number of aromatic nitrogens is 1. The third kappa shape index (κ3) is 3.54. The molecule has 1 heterocycles. The van der Waals surface area contributed by atoms with Gasteiger partial charge in [-0.3, -0.25) is 0 Å². The Morgan fingerprint density at radius 1 is 1.05 bits per heavy atom. The highest BCUT2D eigenvalue weighted by Gasteiger charge is 2.18. The van der Waals surface area contributed by atoms with Crippen LogP contribution in [0.15, 0.2) is 48.7 Å². The van der Waals surface area contributed by atoms with Crippen LogP contribution in [0, 0.1) is 0 Å². The predicted octanol–water partition coefficient (Wildman–Crippen LogP) is 2.73. The van der Waals surface area contributed by atoms with Gasteiger partial charge in [-0.1, -0.05) is 42.5 Å². The molecule has 0 saturated heterocycles. The average molecular weight is 283 g/mol. The van der Waals surface area contributed by atoms with Crippen molar-refractivity contribution < 1.29 is 19.8 Å². The van der Waals surface area contributed by atoms with E-state index in [0.717, 1.165) is 5.56 Å². The van der Waals surface area contributed by atoms with Gasteiger partial charge >= 0.3 is 11.9 Å². The first-order valence-corrected chi connectivity index (χ1v) is 6.25. The summed E-state index contributed by atoms with van der Waals surface area (Å²) in [5, 5.41) is 18.3. The highest BCUT2D eigenvalue weighted by Crippen LogP contribution is 2.15. The van der Waals surface area contributed by atoms with Gasteiger partial charge in [0.25, 0.3) is 0 Å². The number of aromatic carboxylic acids is 2. The van der Waals surface area contributed by atoms with Crippen LogP contribution >= 0.6 is 0 Å². The number of allylic oxidation sites excluding steroid dienone is 1. The molecular formula is C16H13NO4. The first kappa shape index (κ1) is 14.5. The fraction of sp³-hybridized carbons (Fsp3) is 0.0625. The van der Waals surface area contributed by atoms with E-state index in [0.29, 0.717) is 0 Å². The Morgan fingerprint density at radius 3 is 2.38 bits per heavy atom. The predicted molar refractivity (Wildman–Crippen MR) is 77.3 cm³/mol. The molecular weight excluding hydrogens is 270 g/mol. The molecule has 5 nitrogen and oxygen atoms in total. The van der Waals surface area contributed by atoms with Crippen LogP contribution < -0.4 is 0 Å². The topological polar surface area (TPSA) is 87.5 Å². The van der Waals surface area contributed by atoms with E-state index < -0.39 is 11.9 Å². The fourth-order valence-corrected chi connectivity index (χ4v) is 1.96. The third-order valence-electron chi connectivity index (χ3n) is 2.92. The molecule has 0 amide bonds. The van der Waals surface area contributed by atoms with Crippen molar-refractivity contribution >= 4 is 18.0 Å². The lowest BCUT2D eigenvalue weighted by atomic mass is 10.0. The van der Waals surface area contributed by atoms with E-state index in [1.807, 2.05) is 36.4 Å². The Morgan fingerprint density at radius 2 is 1.76 bits per heavy atom. The van der Waals surface area contributed by atoms with Gasteiger partial charge in [0, 0.05) is 11.8 Å². The molecule has 2 N–H and O–H groups in total. The molecule has 0 radical (unpaired) electrons.